The Kier molecular flexibility index (Phi) is 3.62. The monoisotopic (exact) mass is 393 g/mol. The van der Waals surface area contributed by atoms with Gasteiger partial charge in [-0.15, -0.1) is 0 Å². The van der Waals surface area contributed by atoms with E-state index in [1.54, 1.807) is 11.9 Å². The van der Waals surface area contributed by atoms with Gasteiger partial charge in [0.2, 0.25) is 5.91 Å². The molecule has 5 nitrogen and oxygen atoms in total. The zero-order valence-electron chi connectivity index (χ0n) is 15.7. The lowest BCUT2D eigenvalue weighted by atomic mass is 9.76. The summed E-state index contributed by atoms with van der Waals surface area (Å²) in [4.78, 5) is 32.9. The highest BCUT2D eigenvalue weighted by Gasteiger charge is 2.55. The average Bonchev–Trinajstić information content (AvgIpc) is 3.08. The molecule has 1 N–H and O–H groups in total. The lowest BCUT2D eigenvalue weighted by Crippen LogP contribution is -2.66. The van der Waals surface area contributed by atoms with Crippen molar-refractivity contribution in [1.82, 2.24) is 14.8 Å². The number of para-hydroxylation sites is 1. The van der Waals surface area contributed by atoms with Gasteiger partial charge in [-0.2, -0.15) is 0 Å². The second-order valence-electron chi connectivity index (χ2n) is 7.77. The summed E-state index contributed by atoms with van der Waals surface area (Å²) >= 11 is 6.55. The third kappa shape index (κ3) is 2.14. The summed E-state index contributed by atoms with van der Waals surface area (Å²) in [5.41, 5.74) is 2.72. The van der Waals surface area contributed by atoms with E-state index in [1.807, 2.05) is 49.4 Å². The minimum absolute atomic E-state index is 0.0500. The van der Waals surface area contributed by atoms with Crippen molar-refractivity contribution in [2.75, 3.05) is 20.1 Å². The molecule has 0 saturated carbocycles. The van der Waals surface area contributed by atoms with Gasteiger partial charge in [0.15, 0.2) is 5.54 Å². The Morgan fingerprint density at radius 1 is 1.11 bits per heavy atom. The van der Waals surface area contributed by atoms with Gasteiger partial charge in [0.05, 0.1) is 12.2 Å². The third-order valence-corrected chi connectivity index (χ3v) is 6.55. The number of hydrogen-bond acceptors (Lipinski definition) is 2. The van der Waals surface area contributed by atoms with E-state index in [2.05, 4.69) is 11.1 Å². The van der Waals surface area contributed by atoms with E-state index in [4.69, 9.17) is 11.6 Å². The molecule has 0 radical (unpaired) electrons. The molecule has 0 spiro atoms. The van der Waals surface area contributed by atoms with Gasteiger partial charge < -0.3 is 14.8 Å². The lowest BCUT2D eigenvalue weighted by molar-refractivity contribution is -0.164. The smallest absolute Gasteiger partial charge is 0.254 e. The minimum Gasteiger partial charge on any atom is -0.356 e. The van der Waals surface area contributed by atoms with Crippen LogP contribution in [0.2, 0.25) is 5.02 Å². The summed E-state index contributed by atoms with van der Waals surface area (Å²) in [6.45, 7) is 2.37. The predicted octanol–water partition coefficient (Wildman–Crippen LogP) is 3.48. The number of fused-ring (bicyclic) bond motifs is 5. The Hall–Kier alpha value is -2.79. The number of nitrogens with one attached hydrogen (secondary N) is 1. The fraction of sp³-hybridized carbons (Fsp3) is 0.273. The van der Waals surface area contributed by atoms with Gasteiger partial charge >= 0.3 is 0 Å². The van der Waals surface area contributed by atoms with Crippen LogP contribution in [-0.4, -0.2) is 46.7 Å². The van der Waals surface area contributed by atoms with Crippen molar-refractivity contribution in [2.45, 2.75) is 18.4 Å². The number of likely N-dealkylation sites (N-methyl/N-ethyl adjacent to an activating group) is 1. The number of hydrogen-bond donors (Lipinski definition) is 1. The Morgan fingerprint density at radius 3 is 2.61 bits per heavy atom. The third-order valence-electron chi connectivity index (χ3n) is 6.20. The SMILES string of the molecule is CN1CC(=O)N2C[C@@H](c3ccccc3Cl)c3c([nH]c4ccccc34)[C@@]2(C)C1=O. The number of piperazine rings is 1. The van der Waals surface area contributed by atoms with Crippen LogP contribution in [0.25, 0.3) is 10.9 Å². The zero-order valence-corrected chi connectivity index (χ0v) is 16.5. The van der Waals surface area contributed by atoms with Crippen molar-refractivity contribution in [3.8, 4) is 0 Å². The Labute approximate surface area is 167 Å². The molecule has 1 aromatic heterocycles. The second kappa shape index (κ2) is 5.85. The molecule has 3 aromatic rings. The number of benzene rings is 2. The van der Waals surface area contributed by atoms with Gasteiger partial charge in [0.25, 0.3) is 5.91 Å². The van der Waals surface area contributed by atoms with Crippen LogP contribution in [0.15, 0.2) is 48.5 Å². The van der Waals surface area contributed by atoms with Crippen LogP contribution in [0.4, 0.5) is 0 Å². The van der Waals surface area contributed by atoms with Crippen LogP contribution < -0.4 is 0 Å². The molecule has 142 valence electrons. The van der Waals surface area contributed by atoms with Gasteiger partial charge in [-0.3, -0.25) is 9.59 Å². The fourth-order valence-corrected chi connectivity index (χ4v) is 5.09. The number of amides is 2. The molecule has 0 aliphatic carbocycles. The highest BCUT2D eigenvalue weighted by Crippen LogP contribution is 2.48. The molecule has 28 heavy (non-hydrogen) atoms. The largest absolute Gasteiger partial charge is 0.356 e. The molecule has 2 aliphatic heterocycles. The maximum Gasteiger partial charge on any atom is 0.254 e. The van der Waals surface area contributed by atoms with Crippen LogP contribution in [0.1, 0.15) is 29.7 Å². The molecule has 5 rings (SSSR count). The van der Waals surface area contributed by atoms with Crippen molar-refractivity contribution in [3.05, 3.63) is 70.4 Å². The fourth-order valence-electron chi connectivity index (χ4n) is 4.82. The van der Waals surface area contributed by atoms with E-state index >= 15 is 0 Å². The number of H-pyrrole nitrogens is 1. The number of halogens is 1. The summed E-state index contributed by atoms with van der Waals surface area (Å²) in [6.07, 6.45) is 0. The summed E-state index contributed by atoms with van der Waals surface area (Å²) in [7, 11) is 1.69. The summed E-state index contributed by atoms with van der Waals surface area (Å²) in [6, 6.07) is 15.8. The quantitative estimate of drug-likeness (QED) is 0.688. The lowest BCUT2D eigenvalue weighted by Gasteiger charge is -2.50. The number of aromatic amines is 1. The van der Waals surface area contributed by atoms with E-state index in [0.29, 0.717) is 11.6 Å². The van der Waals surface area contributed by atoms with Gasteiger partial charge in [0.1, 0.15) is 0 Å². The van der Waals surface area contributed by atoms with Gasteiger partial charge in [-0.25, -0.2) is 0 Å². The Morgan fingerprint density at radius 2 is 1.82 bits per heavy atom. The molecule has 2 amide bonds. The van der Waals surface area contributed by atoms with Gasteiger partial charge in [-0.1, -0.05) is 48.0 Å². The van der Waals surface area contributed by atoms with Crippen LogP contribution in [0.5, 0.6) is 0 Å². The topological polar surface area (TPSA) is 56.4 Å². The molecule has 3 heterocycles. The zero-order chi connectivity index (χ0) is 19.6. The molecule has 1 saturated heterocycles. The molecule has 2 atom stereocenters. The second-order valence-corrected chi connectivity index (χ2v) is 8.18. The number of carbonyl (C=O) groups excluding carboxylic acids is 2. The Balaban J connectivity index is 1.84. The minimum atomic E-state index is -1.05. The average molecular weight is 394 g/mol. The first kappa shape index (κ1) is 17.3. The molecule has 1 fully saturated rings. The van der Waals surface area contributed by atoms with E-state index in [1.165, 1.54) is 4.90 Å². The molecule has 2 aliphatic rings. The first-order valence-corrected chi connectivity index (χ1v) is 9.72. The maximum absolute atomic E-state index is 13.3. The maximum atomic E-state index is 13.3. The number of nitrogens with zero attached hydrogens (tertiary/aromatic N) is 2. The molecule has 0 unspecified atom stereocenters. The first-order chi connectivity index (χ1) is 13.4. The van der Waals surface area contributed by atoms with Crippen molar-refractivity contribution >= 4 is 34.3 Å². The van der Waals surface area contributed by atoms with Crippen molar-refractivity contribution in [1.29, 1.82) is 0 Å². The van der Waals surface area contributed by atoms with Gasteiger partial charge in [-0.05, 0) is 30.2 Å². The summed E-state index contributed by atoms with van der Waals surface area (Å²) < 4.78 is 0. The normalized spacial score (nSPS) is 24.5. The standard InChI is InChI=1S/C22H20ClN3O2/c1-22-20-19(14-8-4-6-10-17(14)24-20)15(13-7-3-5-9-16(13)23)11-26(22)18(27)12-25(2)21(22)28/h3-10,15,24H,11-12H2,1-2H3/t15-,22-/m0/s1. The molecule has 2 aromatic carbocycles. The van der Waals surface area contributed by atoms with Crippen molar-refractivity contribution < 1.29 is 9.59 Å². The molecule has 6 heteroatoms. The number of carbonyl (C=O) groups is 2. The highest BCUT2D eigenvalue weighted by molar-refractivity contribution is 6.31. The predicted molar refractivity (Wildman–Crippen MR) is 108 cm³/mol. The van der Waals surface area contributed by atoms with E-state index < -0.39 is 5.54 Å². The van der Waals surface area contributed by atoms with Gasteiger partial charge in [0, 0.05) is 35.4 Å². The van der Waals surface area contributed by atoms with Crippen molar-refractivity contribution in [3.63, 3.8) is 0 Å². The van der Waals surface area contributed by atoms with E-state index in [9.17, 15) is 9.59 Å². The van der Waals surface area contributed by atoms with E-state index in [-0.39, 0.29) is 24.3 Å². The summed E-state index contributed by atoms with van der Waals surface area (Å²) in [5, 5.41) is 1.73. The van der Waals surface area contributed by atoms with E-state index in [0.717, 1.165) is 27.7 Å². The van der Waals surface area contributed by atoms with Crippen molar-refractivity contribution in [2.24, 2.45) is 0 Å². The molecular weight excluding hydrogens is 374 g/mol. The highest BCUT2D eigenvalue weighted by atomic mass is 35.5. The first-order valence-electron chi connectivity index (χ1n) is 9.34. The van der Waals surface area contributed by atoms with Crippen LogP contribution in [0.3, 0.4) is 0 Å². The summed E-state index contributed by atoms with van der Waals surface area (Å²) in [5.74, 6) is -0.225. The molecular formula is C22H20ClN3O2. The van der Waals surface area contributed by atoms with Crippen LogP contribution in [-0.2, 0) is 15.1 Å². The molecule has 0 bridgehead atoms. The van der Waals surface area contributed by atoms with Crippen LogP contribution in [0, 0.1) is 0 Å². The number of aromatic nitrogens is 1. The van der Waals surface area contributed by atoms with Crippen LogP contribution >= 0.6 is 11.6 Å². The Bertz CT molecular complexity index is 1140. The number of rotatable bonds is 1.